The summed E-state index contributed by atoms with van der Waals surface area (Å²) in [5.74, 6) is -2.28. The van der Waals surface area contributed by atoms with Crippen LogP contribution in [0.5, 0.6) is 0 Å². The highest BCUT2D eigenvalue weighted by atomic mass is 35.5. The first-order valence-electron chi connectivity index (χ1n) is 13.9. The standard InChI is InChI=1S/C30H34ClF3N2O5/c1-28(2,3)41-27(40)17-9-7-16(8-10-17)24-19-12-11-18(26(38)39)15-22(19)36(35-24)25(37)23-20(5-4-6-21(23)31)29(13-14-29)30(32,33)34/h4-7,17-18,25,37H,8-15H2,1-3H3,(H,38,39)/t17-,18-,25?/m1/s1. The third-order valence-corrected chi connectivity index (χ3v) is 8.79. The van der Waals surface area contributed by atoms with Crippen molar-refractivity contribution in [2.24, 2.45) is 11.8 Å². The Balaban J connectivity index is 1.54. The van der Waals surface area contributed by atoms with Gasteiger partial charge in [0, 0.05) is 28.3 Å². The Bertz CT molecular complexity index is 1400. The van der Waals surface area contributed by atoms with Crippen LogP contribution in [-0.2, 0) is 32.6 Å². The molecular formula is C30H34ClF3N2O5. The lowest BCUT2D eigenvalue weighted by molar-refractivity contribution is -0.161. The fraction of sp³-hybridized carbons (Fsp3) is 0.567. The molecule has 1 saturated carbocycles. The molecular weight excluding hydrogens is 561 g/mol. The van der Waals surface area contributed by atoms with Crippen molar-refractivity contribution in [2.45, 2.75) is 95.6 Å². The summed E-state index contributed by atoms with van der Waals surface area (Å²) < 4.78 is 49.2. The maximum Gasteiger partial charge on any atom is 0.398 e. The van der Waals surface area contributed by atoms with Gasteiger partial charge in [-0.2, -0.15) is 18.3 Å². The fourth-order valence-corrected chi connectivity index (χ4v) is 6.40. The SMILES string of the molecule is CC(C)(C)OC(=O)[C@@H]1CC=C(c2nn(C(O)c3c(Cl)cccc3C3(C(F)(F)F)CC3)c3c2CC[C@@H](C(=O)O)C3)CC1. The Hall–Kier alpha value is -2.85. The lowest BCUT2D eigenvalue weighted by Crippen LogP contribution is -2.31. The van der Waals surface area contributed by atoms with E-state index in [4.69, 9.17) is 21.4 Å². The molecule has 41 heavy (non-hydrogen) atoms. The number of aliphatic hydroxyl groups excluding tert-OH is 1. The molecule has 0 spiro atoms. The number of ether oxygens (including phenoxy) is 1. The normalized spacial score (nSPS) is 22.9. The second kappa shape index (κ2) is 10.5. The van der Waals surface area contributed by atoms with Gasteiger partial charge < -0.3 is 14.9 Å². The summed E-state index contributed by atoms with van der Waals surface area (Å²) >= 11 is 6.45. The van der Waals surface area contributed by atoms with Gasteiger partial charge in [0.15, 0.2) is 6.23 Å². The van der Waals surface area contributed by atoms with Gasteiger partial charge in [0.1, 0.15) is 5.60 Å². The summed E-state index contributed by atoms with van der Waals surface area (Å²) in [5.41, 5.74) is -0.155. The van der Waals surface area contributed by atoms with Crippen LogP contribution in [0.15, 0.2) is 24.3 Å². The molecule has 0 amide bonds. The van der Waals surface area contributed by atoms with Gasteiger partial charge in [-0.1, -0.05) is 29.8 Å². The summed E-state index contributed by atoms with van der Waals surface area (Å²) in [6, 6.07) is 4.23. The van der Waals surface area contributed by atoms with Crippen LogP contribution in [0.1, 0.15) is 93.6 Å². The molecule has 1 fully saturated rings. The van der Waals surface area contributed by atoms with E-state index in [1.165, 1.54) is 22.9 Å². The second-order valence-electron chi connectivity index (χ2n) is 12.4. The molecule has 3 aliphatic rings. The molecule has 0 saturated heterocycles. The number of nitrogens with zero attached hydrogens (tertiary/aromatic N) is 2. The molecule has 2 aromatic rings. The average Bonchev–Trinajstić information content (AvgIpc) is 3.63. The van der Waals surface area contributed by atoms with Gasteiger partial charge in [-0.25, -0.2) is 4.68 Å². The molecule has 3 aliphatic carbocycles. The van der Waals surface area contributed by atoms with Gasteiger partial charge in [-0.15, -0.1) is 0 Å². The average molecular weight is 595 g/mol. The number of aliphatic carboxylic acids is 1. The van der Waals surface area contributed by atoms with E-state index in [2.05, 4.69) is 0 Å². The maximum absolute atomic E-state index is 14.1. The topological polar surface area (TPSA) is 102 Å². The van der Waals surface area contributed by atoms with Crippen LogP contribution >= 0.6 is 11.6 Å². The zero-order valence-electron chi connectivity index (χ0n) is 23.2. The molecule has 3 atom stereocenters. The minimum absolute atomic E-state index is 0.0148. The van der Waals surface area contributed by atoms with E-state index in [0.29, 0.717) is 43.5 Å². The number of halogens is 4. The van der Waals surface area contributed by atoms with Crippen LogP contribution in [0.25, 0.3) is 5.57 Å². The Morgan fingerprint density at radius 3 is 2.39 bits per heavy atom. The smallest absolute Gasteiger partial charge is 0.398 e. The minimum Gasteiger partial charge on any atom is -0.481 e. The number of hydrogen-bond acceptors (Lipinski definition) is 5. The molecule has 222 valence electrons. The van der Waals surface area contributed by atoms with E-state index < -0.39 is 35.3 Å². The van der Waals surface area contributed by atoms with Crippen LogP contribution in [0.4, 0.5) is 13.2 Å². The molecule has 0 aliphatic heterocycles. The summed E-state index contributed by atoms with van der Waals surface area (Å²) in [6.07, 6.45) is -2.13. The number of carboxylic acids is 1. The first-order valence-corrected chi connectivity index (χ1v) is 14.3. The van der Waals surface area contributed by atoms with Crippen molar-refractivity contribution in [3.63, 3.8) is 0 Å². The number of carboxylic acid groups (broad SMARTS) is 1. The van der Waals surface area contributed by atoms with Crippen LogP contribution in [-0.4, -0.2) is 43.7 Å². The quantitative estimate of drug-likeness (QED) is 0.376. The van der Waals surface area contributed by atoms with Crippen molar-refractivity contribution in [1.29, 1.82) is 0 Å². The highest BCUT2D eigenvalue weighted by molar-refractivity contribution is 6.31. The number of rotatable bonds is 6. The lowest BCUT2D eigenvalue weighted by Gasteiger charge is -2.27. The molecule has 1 unspecified atom stereocenters. The number of alkyl halides is 3. The molecule has 1 heterocycles. The molecule has 0 bridgehead atoms. The number of benzene rings is 1. The Labute approximate surface area is 241 Å². The predicted molar refractivity (Wildman–Crippen MR) is 145 cm³/mol. The highest BCUT2D eigenvalue weighted by Crippen LogP contribution is 2.60. The second-order valence-corrected chi connectivity index (χ2v) is 12.8. The van der Waals surface area contributed by atoms with Gasteiger partial charge in [0.2, 0.25) is 0 Å². The van der Waals surface area contributed by atoms with E-state index in [0.717, 1.165) is 11.1 Å². The number of aromatic nitrogens is 2. The molecule has 11 heteroatoms. The number of hydrogen-bond donors (Lipinski definition) is 2. The zero-order valence-corrected chi connectivity index (χ0v) is 24.0. The molecule has 1 aromatic heterocycles. The minimum atomic E-state index is -4.52. The van der Waals surface area contributed by atoms with Crippen LogP contribution in [0.2, 0.25) is 5.02 Å². The highest BCUT2D eigenvalue weighted by Gasteiger charge is 2.65. The Morgan fingerprint density at radius 2 is 1.83 bits per heavy atom. The summed E-state index contributed by atoms with van der Waals surface area (Å²) in [5, 5.41) is 26.1. The van der Waals surface area contributed by atoms with Crippen LogP contribution in [0, 0.1) is 11.8 Å². The van der Waals surface area contributed by atoms with Crippen LogP contribution < -0.4 is 0 Å². The van der Waals surface area contributed by atoms with E-state index >= 15 is 0 Å². The van der Waals surface area contributed by atoms with Crippen molar-refractivity contribution in [3.05, 3.63) is 57.4 Å². The molecule has 0 radical (unpaired) electrons. The van der Waals surface area contributed by atoms with Crippen molar-refractivity contribution in [2.75, 3.05) is 0 Å². The number of fused-ring (bicyclic) bond motifs is 1. The molecule has 7 nitrogen and oxygen atoms in total. The van der Waals surface area contributed by atoms with Crippen molar-refractivity contribution in [1.82, 2.24) is 9.78 Å². The lowest BCUT2D eigenvalue weighted by atomic mass is 9.82. The number of allylic oxidation sites excluding steroid dienone is 2. The number of carbonyl (C=O) groups excluding carboxylic acids is 1. The molecule has 2 N–H and O–H groups in total. The monoisotopic (exact) mass is 594 g/mol. The van der Waals surface area contributed by atoms with Crippen molar-refractivity contribution < 1.29 is 37.7 Å². The van der Waals surface area contributed by atoms with Gasteiger partial charge in [0.05, 0.1) is 22.9 Å². The van der Waals surface area contributed by atoms with Gasteiger partial charge in [0.25, 0.3) is 0 Å². The molecule has 1 aromatic carbocycles. The van der Waals surface area contributed by atoms with Gasteiger partial charge in [-0.05, 0) is 82.9 Å². The first kappa shape index (κ1) is 29.6. The van der Waals surface area contributed by atoms with E-state index in [9.17, 15) is 33.0 Å². The largest absolute Gasteiger partial charge is 0.481 e. The number of aliphatic hydroxyl groups is 1. The summed E-state index contributed by atoms with van der Waals surface area (Å²) in [6.45, 7) is 5.44. The van der Waals surface area contributed by atoms with Gasteiger partial charge in [-0.3, -0.25) is 9.59 Å². The first-order chi connectivity index (χ1) is 19.1. The maximum atomic E-state index is 14.1. The number of esters is 1. The van der Waals surface area contributed by atoms with E-state index in [1.54, 1.807) is 0 Å². The molecule has 5 rings (SSSR count). The Kier molecular flexibility index (Phi) is 7.56. The van der Waals surface area contributed by atoms with Crippen LogP contribution in [0.3, 0.4) is 0 Å². The predicted octanol–water partition coefficient (Wildman–Crippen LogP) is 6.38. The third-order valence-electron chi connectivity index (χ3n) is 8.46. The third kappa shape index (κ3) is 5.52. The summed E-state index contributed by atoms with van der Waals surface area (Å²) in [7, 11) is 0. The fourth-order valence-electron chi connectivity index (χ4n) is 6.13. The summed E-state index contributed by atoms with van der Waals surface area (Å²) in [4.78, 5) is 24.5. The van der Waals surface area contributed by atoms with Crippen molar-refractivity contribution in [3.8, 4) is 0 Å². The van der Waals surface area contributed by atoms with E-state index in [-0.39, 0.29) is 47.3 Å². The van der Waals surface area contributed by atoms with Crippen molar-refractivity contribution >= 4 is 29.1 Å². The Morgan fingerprint density at radius 1 is 1.15 bits per heavy atom. The van der Waals surface area contributed by atoms with E-state index in [1.807, 2.05) is 26.8 Å². The van der Waals surface area contributed by atoms with Gasteiger partial charge >= 0.3 is 18.1 Å². The number of carbonyl (C=O) groups is 2. The zero-order chi connectivity index (χ0) is 29.9.